The zero-order valence-corrected chi connectivity index (χ0v) is 14.9. The first kappa shape index (κ1) is 17.5. The number of carbonyl (C=O) groups excluding carboxylic acids is 1. The molecule has 0 spiro atoms. The van der Waals surface area contributed by atoms with Crippen molar-refractivity contribution in [2.75, 3.05) is 24.5 Å². The fourth-order valence-electron chi connectivity index (χ4n) is 3.82. The molecular weight excluding hydrogens is 352 g/mol. The van der Waals surface area contributed by atoms with Crippen molar-refractivity contribution in [2.45, 2.75) is 31.8 Å². The molecule has 142 valence electrons. The van der Waals surface area contributed by atoms with Gasteiger partial charge in [0, 0.05) is 18.3 Å². The van der Waals surface area contributed by atoms with E-state index in [1.165, 1.54) is 12.3 Å². The lowest BCUT2D eigenvalue weighted by atomic mass is 10.1. The molecule has 1 aliphatic heterocycles. The fraction of sp³-hybridized carbons (Fsp3) is 0.444. The van der Waals surface area contributed by atoms with Crippen LogP contribution in [0.25, 0.3) is 10.9 Å². The van der Waals surface area contributed by atoms with Crippen molar-refractivity contribution in [3.05, 3.63) is 44.2 Å². The van der Waals surface area contributed by atoms with Crippen molar-refractivity contribution in [3.8, 4) is 0 Å². The van der Waals surface area contributed by atoms with E-state index in [2.05, 4.69) is 12.2 Å². The van der Waals surface area contributed by atoms with Gasteiger partial charge in [-0.15, -0.1) is 0 Å². The van der Waals surface area contributed by atoms with Crippen molar-refractivity contribution in [1.82, 2.24) is 4.57 Å². The van der Waals surface area contributed by atoms with Gasteiger partial charge in [-0.1, -0.05) is 0 Å². The molecule has 1 saturated carbocycles. The van der Waals surface area contributed by atoms with E-state index in [0.29, 0.717) is 30.3 Å². The third kappa shape index (κ3) is 3.03. The van der Waals surface area contributed by atoms with E-state index in [9.17, 15) is 24.8 Å². The third-order valence-corrected chi connectivity index (χ3v) is 5.30. The molecule has 9 nitrogen and oxygen atoms in total. The van der Waals surface area contributed by atoms with Gasteiger partial charge in [0.05, 0.1) is 47.0 Å². The SMILES string of the molecule is C[C@H]1CN(c2cc3c(cc2[N+](=O)[O-])c(=O)c(C(=O)[O-])cn3C2CC2)CC[NH2+]1. The lowest BCUT2D eigenvalue weighted by Gasteiger charge is -2.31. The standard InChI is InChI=1S/C18H20N4O5/c1-10-8-20(5-4-19-10)15-7-14-12(6-16(15)22(26)27)17(23)13(18(24)25)9-21(14)11-2-3-11/h6-7,9-11,19H,2-5,8H2,1H3,(H,24,25)/t10-/m0/s1. The van der Waals surface area contributed by atoms with Crippen LogP contribution in [-0.4, -0.2) is 41.1 Å². The number of hydrogen-bond acceptors (Lipinski definition) is 6. The number of quaternary nitrogens is 1. The Balaban J connectivity index is 1.99. The third-order valence-electron chi connectivity index (χ3n) is 5.30. The number of nitrogens with two attached hydrogens (primary N) is 1. The summed E-state index contributed by atoms with van der Waals surface area (Å²) >= 11 is 0. The van der Waals surface area contributed by atoms with E-state index >= 15 is 0 Å². The summed E-state index contributed by atoms with van der Waals surface area (Å²) in [5.41, 5.74) is -0.362. The molecule has 27 heavy (non-hydrogen) atoms. The van der Waals surface area contributed by atoms with Gasteiger partial charge in [0.1, 0.15) is 11.7 Å². The van der Waals surface area contributed by atoms with Gasteiger partial charge >= 0.3 is 0 Å². The van der Waals surface area contributed by atoms with Crippen LogP contribution < -0.4 is 20.8 Å². The minimum atomic E-state index is -1.57. The van der Waals surface area contributed by atoms with Gasteiger partial charge in [-0.25, -0.2) is 0 Å². The smallest absolute Gasteiger partial charge is 0.293 e. The van der Waals surface area contributed by atoms with Crippen molar-refractivity contribution >= 4 is 28.2 Å². The van der Waals surface area contributed by atoms with Gasteiger partial charge in [-0.2, -0.15) is 0 Å². The van der Waals surface area contributed by atoms with Crippen molar-refractivity contribution in [3.63, 3.8) is 0 Å². The summed E-state index contributed by atoms with van der Waals surface area (Å²) in [4.78, 5) is 37.1. The molecule has 2 heterocycles. The summed E-state index contributed by atoms with van der Waals surface area (Å²) in [6.07, 6.45) is 3.08. The molecule has 2 N–H and O–H groups in total. The zero-order chi connectivity index (χ0) is 19.3. The number of benzene rings is 1. The predicted molar refractivity (Wildman–Crippen MR) is 95.9 cm³/mol. The Hall–Kier alpha value is -2.94. The second-order valence-corrected chi connectivity index (χ2v) is 7.36. The minimum Gasteiger partial charge on any atom is -0.545 e. The molecule has 2 fully saturated rings. The number of nitrogens with zero attached hydrogens (tertiary/aromatic N) is 3. The van der Waals surface area contributed by atoms with Crippen LogP contribution in [-0.2, 0) is 0 Å². The van der Waals surface area contributed by atoms with Gasteiger partial charge in [0.15, 0.2) is 5.43 Å². The highest BCUT2D eigenvalue weighted by atomic mass is 16.6. The number of carboxylic acid groups (broad SMARTS) is 1. The fourth-order valence-corrected chi connectivity index (χ4v) is 3.82. The highest BCUT2D eigenvalue weighted by molar-refractivity contribution is 5.94. The summed E-state index contributed by atoms with van der Waals surface area (Å²) in [6.45, 7) is 4.22. The van der Waals surface area contributed by atoms with Crippen LogP contribution in [0.5, 0.6) is 0 Å². The number of carbonyl (C=O) groups is 1. The molecular formula is C18H20N4O5. The topological polar surface area (TPSA) is 125 Å². The maximum atomic E-state index is 12.6. The summed E-state index contributed by atoms with van der Waals surface area (Å²) in [7, 11) is 0. The lowest BCUT2D eigenvalue weighted by molar-refractivity contribution is -0.687. The molecule has 4 rings (SSSR count). The molecule has 2 aliphatic rings. The summed E-state index contributed by atoms with van der Waals surface area (Å²) in [5, 5.41) is 25.3. The molecule has 0 radical (unpaired) electrons. The average Bonchev–Trinajstić information content (AvgIpc) is 3.45. The van der Waals surface area contributed by atoms with E-state index in [-0.39, 0.29) is 17.1 Å². The van der Waals surface area contributed by atoms with Crippen LogP contribution in [0.4, 0.5) is 11.4 Å². The van der Waals surface area contributed by atoms with Crippen LogP contribution >= 0.6 is 0 Å². The molecule has 1 atom stereocenters. The van der Waals surface area contributed by atoms with E-state index in [1.54, 1.807) is 10.6 Å². The second kappa shape index (κ2) is 6.34. The number of carboxylic acids is 1. The number of aromatic nitrogens is 1. The number of piperazine rings is 1. The zero-order valence-electron chi connectivity index (χ0n) is 14.9. The van der Waals surface area contributed by atoms with Gasteiger partial charge in [0.25, 0.3) is 5.69 Å². The number of aromatic carboxylic acids is 1. The molecule has 9 heteroatoms. The molecule has 1 aliphatic carbocycles. The molecule has 1 aromatic heterocycles. The quantitative estimate of drug-likeness (QED) is 0.563. The maximum absolute atomic E-state index is 12.6. The number of hydrogen-bond donors (Lipinski definition) is 1. The summed E-state index contributed by atoms with van der Waals surface area (Å²) < 4.78 is 1.76. The highest BCUT2D eigenvalue weighted by Crippen LogP contribution is 2.39. The van der Waals surface area contributed by atoms with Crippen LogP contribution in [0, 0.1) is 10.1 Å². The number of rotatable bonds is 4. The van der Waals surface area contributed by atoms with E-state index in [1.807, 2.05) is 4.90 Å². The van der Waals surface area contributed by atoms with Crippen LogP contribution in [0.3, 0.4) is 0 Å². The van der Waals surface area contributed by atoms with Gasteiger partial charge in [-0.3, -0.25) is 14.9 Å². The number of pyridine rings is 1. The Morgan fingerprint density at radius 1 is 1.33 bits per heavy atom. The second-order valence-electron chi connectivity index (χ2n) is 7.36. The van der Waals surface area contributed by atoms with Crippen LogP contribution in [0.2, 0.25) is 0 Å². The summed E-state index contributed by atoms with van der Waals surface area (Å²) in [6, 6.07) is 3.31. The predicted octanol–water partition coefficient (Wildman–Crippen LogP) is -0.620. The summed E-state index contributed by atoms with van der Waals surface area (Å²) in [5.74, 6) is -1.57. The first-order valence-corrected chi connectivity index (χ1v) is 9.03. The van der Waals surface area contributed by atoms with Crippen molar-refractivity contribution < 1.29 is 20.1 Å². The molecule has 0 bridgehead atoms. The first-order chi connectivity index (χ1) is 12.9. The van der Waals surface area contributed by atoms with E-state index < -0.39 is 21.9 Å². The maximum Gasteiger partial charge on any atom is 0.293 e. The number of nitro benzene ring substituents is 1. The van der Waals surface area contributed by atoms with Gasteiger partial charge in [0.2, 0.25) is 0 Å². The Morgan fingerprint density at radius 2 is 2.07 bits per heavy atom. The van der Waals surface area contributed by atoms with Crippen molar-refractivity contribution in [1.29, 1.82) is 0 Å². The molecule has 0 amide bonds. The average molecular weight is 372 g/mol. The largest absolute Gasteiger partial charge is 0.545 e. The van der Waals surface area contributed by atoms with Crippen LogP contribution in [0.1, 0.15) is 36.2 Å². The number of anilines is 1. The number of nitro groups is 1. The minimum absolute atomic E-state index is 0.0515. The van der Waals surface area contributed by atoms with E-state index in [4.69, 9.17) is 0 Å². The Labute approximate surface area is 154 Å². The van der Waals surface area contributed by atoms with Gasteiger partial charge in [-0.05, 0) is 25.8 Å². The Kier molecular flexibility index (Phi) is 4.11. The molecule has 1 aromatic carbocycles. The van der Waals surface area contributed by atoms with Crippen molar-refractivity contribution in [2.24, 2.45) is 0 Å². The van der Waals surface area contributed by atoms with Gasteiger partial charge < -0.3 is 24.7 Å². The van der Waals surface area contributed by atoms with E-state index in [0.717, 1.165) is 19.4 Å². The number of fused-ring (bicyclic) bond motifs is 1. The Morgan fingerprint density at radius 3 is 2.67 bits per heavy atom. The Bertz CT molecular complexity index is 1010. The molecule has 1 saturated heterocycles. The highest BCUT2D eigenvalue weighted by Gasteiger charge is 2.30. The molecule has 2 aromatic rings. The first-order valence-electron chi connectivity index (χ1n) is 9.03. The molecule has 0 unspecified atom stereocenters. The monoisotopic (exact) mass is 372 g/mol. The normalized spacial score (nSPS) is 20.0. The van der Waals surface area contributed by atoms with Crippen LogP contribution in [0.15, 0.2) is 23.1 Å². The lowest BCUT2D eigenvalue weighted by Crippen LogP contribution is -2.94.